The molecule has 0 saturated carbocycles. The lowest BCUT2D eigenvalue weighted by atomic mass is 9.93. The lowest BCUT2D eigenvalue weighted by molar-refractivity contribution is 1.18. The summed E-state index contributed by atoms with van der Waals surface area (Å²) in [6, 6.07) is 88.0. The fourth-order valence-electron chi connectivity index (χ4n) is 8.96. The van der Waals surface area contributed by atoms with Crippen LogP contribution in [0.5, 0.6) is 0 Å². The molecule has 0 aliphatic rings. The predicted octanol–water partition coefficient (Wildman–Crippen LogP) is 16.1. The Morgan fingerprint density at radius 3 is 1.50 bits per heavy atom. The van der Waals surface area contributed by atoms with Crippen molar-refractivity contribution in [2.24, 2.45) is 0 Å². The zero-order valence-corrected chi connectivity index (χ0v) is 33.0. The van der Waals surface area contributed by atoms with Crippen LogP contribution in [0.3, 0.4) is 0 Å². The minimum absolute atomic E-state index is 1.07. The highest BCUT2D eigenvalue weighted by Gasteiger charge is 2.22. The molecule has 0 atom stereocenters. The molecule has 2 heteroatoms. The van der Waals surface area contributed by atoms with Crippen molar-refractivity contribution in [1.29, 1.82) is 0 Å². The third-order valence-corrected chi connectivity index (χ3v) is 11.8. The zero-order valence-electron chi connectivity index (χ0n) is 33.0. The van der Waals surface area contributed by atoms with Gasteiger partial charge in [0.05, 0.1) is 22.4 Å². The van der Waals surface area contributed by atoms with Crippen molar-refractivity contribution in [2.45, 2.75) is 0 Å². The summed E-state index contributed by atoms with van der Waals surface area (Å²) in [5.41, 5.74) is 16.2. The molecule has 1 heterocycles. The summed E-state index contributed by atoms with van der Waals surface area (Å²) in [5, 5.41) is 4.87. The zero-order chi connectivity index (χ0) is 39.8. The predicted molar refractivity (Wildman–Crippen MR) is 255 cm³/mol. The first-order chi connectivity index (χ1) is 29.8. The fourth-order valence-corrected chi connectivity index (χ4v) is 8.96. The third-order valence-electron chi connectivity index (χ3n) is 11.8. The van der Waals surface area contributed by atoms with E-state index in [0.717, 1.165) is 33.8 Å². The van der Waals surface area contributed by atoms with E-state index in [0.29, 0.717) is 0 Å². The Morgan fingerprint density at radius 2 is 0.783 bits per heavy atom. The van der Waals surface area contributed by atoms with E-state index in [1.165, 1.54) is 66.0 Å². The Morgan fingerprint density at radius 1 is 0.283 bits per heavy atom. The van der Waals surface area contributed by atoms with Crippen molar-refractivity contribution in [3.63, 3.8) is 0 Å². The van der Waals surface area contributed by atoms with Crippen molar-refractivity contribution < 1.29 is 0 Å². The van der Waals surface area contributed by atoms with Gasteiger partial charge in [0.15, 0.2) is 0 Å². The van der Waals surface area contributed by atoms with Gasteiger partial charge in [0, 0.05) is 33.3 Å². The quantitative estimate of drug-likeness (QED) is 0.150. The molecule has 10 aromatic carbocycles. The number of hydrogen-bond acceptors (Lipinski definition) is 1. The van der Waals surface area contributed by atoms with E-state index in [9.17, 15) is 0 Å². The maximum atomic E-state index is 2.48. The van der Waals surface area contributed by atoms with Crippen LogP contribution in [0.4, 0.5) is 17.1 Å². The first-order valence-corrected chi connectivity index (χ1v) is 20.6. The summed E-state index contributed by atoms with van der Waals surface area (Å²) in [5.74, 6) is 0. The highest BCUT2D eigenvalue weighted by Crippen LogP contribution is 2.46. The Bertz CT molecular complexity index is 3290. The fraction of sp³-hybridized carbons (Fsp3) is 0. The van der Waals surface area contributed by atoms with Gasteiger partial charge in [0.1, 0.15) is 0 Å². The molecular weight excluding hydrogens is 725 g/mol. The van der Waals surface area contributed by atoms with Gasteiger partial charge < -0.3 is 9.47 Å². The number of nitrogens with zero attached hydrogens (tertiary/aromatic N) is 2. The molecule has 0 aliphatic carbocycles. The molecule has 282 valence electrons. The highest BCUT2D eigenvalue weighted by atomic mass is 15.1. The van der Waals surface area contributed by atoms with Crippen LogP contribution in [0.1, 0.15) is 0 Å². The molecule has 1 aromatic heterocycles. The molecule has 0 spiro atoms. The van der Waals surface area contributed by atoms with Crippen LogP contribution >= 0.6 is 0 Å². The van der Waals surface area contributed by atoms with Crippen LogP contribution in [-0.4, -0.2) is 4.57 Å². The second-order valence-corrected chi connectivity index (χ2v) is 15.3. The number of hydrogen-bond donors (Lipinski definition) is 0. The topological polar surface area (TPSA) is 8.17 Å². The van der Waals surface area contributed by atoms with Gasteiger partial charge in [-0.3, -0.25) is 0 Å². The van der Waals surface area contributed by atoms with Crippen molar-refractivity contribution in [1.82, 2.24) is 4.57 Å². The van der Waals surface area contributed by atoms with Gasteiger partial charge in [-0.05, 0) is 92.7 Å². The largest absolute Gasteiger partial charge is 0.310 e. The first kappa shape index (κ1) is 35.2. The van der Waals surface area contributed by atoms with Crippen LogP contribution in [0, 0.1) is 0 Å². The molecule has 0 bridgehead atoms. The summed E-state index contributed by atoms with van der Waals surface area (Å²) < 4.78 is 2.48. The van der Waals surface area contributed by atoms with E-state index in [-0.39, 0.29) is 0 Å². The minimum atomic E-state index is 1.07. The molecule has 11 rings (SSSR count). The Kier molecular flexibility index (Phi) is 8.87. The van der Waals surface area contributed by atoms with Gasteiger partial charge in [-0.1, -0.05) is 194 Å². The minimum Gasteiger partial charge on any atom is -0.310 e. The van der Waals surface area contributed by atoms with Gasteiger partial charge in [0.25, 0.3) is 0 Å². The van der Waals surface area contributed by atoms with E-state index >= 15 is 0 Å². The molecule has 0 radical (unpaired) electrons. The van der Waals surface area contributed by atoms with Crippen LogP contribution in [-0.2, 0) is 0 Å². The molecule has 0 saturated heterocycles. The van der Waals surface area contributed by atoms with E-state index in [1.54, 1.807) is 0 Å². The Labute approximate surface area is 350 Å². The van der Waals surface area contributed by atoms with E-state index in [2.05, 4.69) is 252 Å². The van der Waals surface area contributed by atoms with Gasteiger partial charge >= 0.3 is 0 Å². The molecule has 0 N–H and O–H groups in total. The summed E-state index contributed by atoms with van der Waals surface area (Å²) >= 11 is 0. The maximum Gasteiger partial charge on any atom is 0.0562 e. The van der Waals surface area contributed by atoms with Crippen LogP contribution < -0.4 is 4.90 Å². The first-order valence-electron chi connectivity index (χ1n) is 20.6. The number of fused-ring (bicyclic) bond motifs is 4. The smallest absolute Gasteiger partial charge is 0.0562 e. The van der Waals surface area contributed by atoms with Crippen molar-refractivity contribution in [3.05, 3.63) is 243 Å². The SMILES string of the molecule is c1ccc(-c2ccc(N(c3ccc4c5ccccc5n(-c5cc6ccccc6cc5-c5ccccc5)c4c3)c3ccccc3-c3ccccc3-c3ccccc3)cc2)cc1. The van der Waals surface area contributed by atoms with Gasteiger partial charge in [-0.25, -0.2) is 0 Å². The van der Waals surface area contributed by atoms with Crippen molar-refractivity contribution >= 4 is 49.6 Å². The third kappa shape index (κ3) is 6.23. The summed E-state index contributed by atoms with van der Waals surface area (Å²) in [7, 11) is 0. The maximum absolute atomic E-state index is 2.48. The molecule has 0 amide bonds. The second-order valence-electron chi connectivity index (χ2n) is 15.3. The molecule has 2 nitrogen and oxygen atoms in total. The number of rotatable bonds is 8. The number of anilines is 3. The highest BCUT2D eigenvalue weighted by molar-refractivity contribution is 6.11. The van der Waals surface area contributed by atoms with E-state index < -0.39 is 0 Å². The van der Waals surface area contributed by atoms with E-state index in [4.69, 9.17) is 0 Å². The summed E-state index contributed by atoms with van der Waals surface area (Å²) in [6.07, 6.45) is 0. The monoisotopic (exact) mass is 764 g/mol. The Balaban J connectivity index is 1.18. The number of para-hydroxylation sites is 2. The average Bonchev–Trinajstić information content (AvgIpc) is 3.66. The van der Waals surface area contributed by atoms with Crippen LogP contribution in [0.15, 0.2) is 243 Å². The number of benzene rings is 10. The molecule has 60 heavy (non-hydrogen) atoms. The van der Waals surface area contributed by atoms with Gasteiger partial charge in [-0.15, -0.1) is 0 Å². The molecule has 11 aromatic rings. The summed E-state index contributed by atoms with van der Waals surface area (Å²) in [4.78, 5) is 2.44. The lowest BCUT2D eigenvalue weighted by Gasteiger charge is -2.29. The number of aromatic nitrogens is 1. The lowest BCUT2D eigenvalue weighted by Crippen LogP contribution is -2.11. The Hall–Kier alpha value is -7.94. The molecule has 0 aliphatic heterocycles. The van der Waals surface area contributed by atoms with Crippen molar-refractivity contribution in [3.8, 4) is 50.2 Å². The standard InChI is InChI=1S/C58H40N2/c1-4-18-41(19-5-1)42-32-34-47(35-33-42)59(55-30-16-14-28-51(55)50-27-13-12-26-49(50)43-20-6-2-7-21-43)48-36-37-53-52-29-15-17-31-56(52)60(58(53)40-48)57-39-46-25-11-10-24-45(46)38-54(57)44-22-8-3-9-23-44/h1-40H. The average molecular weight is 765 g/mol. The van der Waals surface area contributed by atoms with Crippen LogP contribution in [0.2, 0.25) is 0 Å². The normalized spacial score (nSPS) is 11.3. The molecular formula is C58H40N2. The van der Waals surface area contributed by atoms with Crippen LogP contribution in [0.25, 0.3) is 82.8 Å². The van der Waals surface area contributed by atoms with Gasteiger partial charge in [0.2, 0.25) is 0 Å². The summed E-state index contributed by atoms with van der Waals surface area (Å²) in [6.45, 7) is 0. The van der Waals surface area contributed by atoms with E-state index in [1.807, 2.05) is 0 Å². The van der Waals surface area contributed by atoms with Crippen molar-refractivity contribution in [2.75, 3.05) is 4.90 Å². The van der Waals surface area contributed by atoms with Gasteiger partial charge in [-0.2, -0.15) is 0 Å². The second kappa shape index (κ2) is 15.1. The molecule has 0 unspecified atom stereocenters. The molecule has 0 fully saturated rings.